The molecular formula is C14H14BrNO. The molecule has 0 spiro atoms. The summed E-state index contributed by atoms with van der Waals surface area (Å²) in [6.07, 6.45) is 3.94. The van der Waals surface area contributed by atoms with Gasteiger partial charge in [0.1, 0.15) is 5.75 Å². The van der Waals surface area contributed by atoms with E-state index in [4.69, 9.17) is 4.74 Å². The Balaban J connectivity index is 2.12. The van der Waals surface area contributed by atoms with Crippen LogP contribution in [0, 0.1) is 0 Å². The van der Waals surface area contributed by atoms with Crippen molar-refractivity contribution in [2.45, 2.75) is 19.8 Å². The minimum Gasteiger partial charge on any atom is -0.439 e. The van der Waals surface area contributed by atoms with E-state index < -0.39 is 0 Å². The third-order valence-electron chi connectivity index (χ3n) is 2.36. The van der Waals surface area contributed by atoms with Crippen LogP contribution in [0.5, 0.6) is 11.6 Å². The van der Waals surface area contributed by atoms with E-state index in [-0.39, 0.29) is 0 Å². The highest BCUT2D eigenvalue weighted by Gasteiger charge is 1.99. The van der Waals surface area contributed by atoms with Gasteiger partial charge in [0.15, 0.2) is 0 Å². The van der Waals surface area contributed by atoms with E-state index in [2.05, 4.69) is 40.0 Å². The van der Waals surface area contributed by atoms with Gasteiger partial charge in [0, 0.05) is 16.7 Å². The Hall–Kier alpha value is -1.35. The topological polar surface area (TPSA) is 22.1 Å². The molecule has 0 amide bonds. The van der Waals surface area contributed by atoms with Gasteiger partial charge < -0.3 is 4.74 Å². The Morgan fingerprint density at radius 2 is 2.12 bits per heavy atom. The quantitative estimate of drug-likeness (QED) is 0.822. The van der Waals surface area contributed by atoms with E-state index >= 15 is 0 Å². The zero-order chi connectivity index (χ0) is 12.1. The van der Waals surface area contributed by atoms with E-state index in [0.29, 0.717) is 5.88 Å². The van der Waals surface area contributed by atoms with Gasteiger partial charge in [-0.05, 0) is 46.1 Å². The van der Waals surface area contributed by atoms with Crippen LogP contribution in [0.25, 0.3) is 0 Å². The summed E-state index contributed by atoms with van der Waals surface area (Å²) in [5.41, 5.74) is 1.29. The van der Waals surface area contributed by atoms with E-state index in [1.54, 1.807) is 6.20 Å². The summed E-state index contributed by atoms with van der Waals surface area (Å²) < 4.78 is 6.64. The van der Waals surface area contributed by atoms with Gasteiger partial charge in [-0.3, -0.25) is 0 Å². The summed E-state index contributed by atoms with van der Waals surface area (Å²) in [4.78, 5) is 4.18. The average molecular weight is 292 g/mol. The minimum atomic E-state index is 0.613. The normalized spacial score (nSPS) is 10.2. The van der Waals surface area contributed by atoms with Crippen LogP contribution in [0.4, 0.5) is 0 Å². The molecule has 0 N–H and O–H groups in total. The van der Waals surface area contributed by atoms with Crippen LogP contribution in [-0.2, 0) is 6.42 Å². The molecular weight excluding hydrogens is 278 g/mol. The van der Waals surface area contributed by atoms with Gasteiger partial charge in [0.05, 0.1) is 0 Å². The van der Waals surface area contributed by atoms with Crippen LogP contribution in [-0.4, -0.2) is 4.98 Å². The summed E-state index contributed by atoms with van der Waals surface area (Å²) >= 11 is 3.34. The predicted octanol–water partition coefficient (Wildman–Crippen LogP) is 4.59. The van der Waals surface area contributed by atoms with E-state index in [0.717, 1.165) is 23.1 Å². The molecule has 0 saturated carbocycles. The summed E-state index contributed by atoms with van der Waals surface area (Å²) in [7, 11) is 0. The molecule has 88 valence electrons. The summed E-state index contributed by atoms with van der Waals surface area (Å²) in [5, 5.41) is 0. The fraction of sp³-hybridized carbons (Fsp3) is 0.214. The maximum absolute atomic E-state index is 5.69. The van der Waals surface area contributed by atoms with Crippen LogP contribution >= 0.6 is 15.9 Å². The van der Waals surface area contributed by atoms with Crippen LogP contribution in [0.15, 0.2) is 47.1 Å². The van der Waals surface area contributed by atoms with Crippen LogP contribution in [0.2, 0.25) is 0 Å². The van der Waals surface area contributed by atoms with Gasteiger partial charge >= 0.3 is 0 Å². The molecule has 2 rings (SSSR count). The van der Waals surface area contributed by atoms with Gasteiger partial charge in [-0.25, -0.2) is 4.98 Å². The van der Waals surface area contributed by atoms with E-state index in [1.807, 2.05) is 24.3 Å². The first-order valence-electron chi connectivity index (χ1n) is 5.66. The highest BCUT2D eigenvalue weighted by molar-refractivity contribution is 9.10. The summed E-state index contributed by atoms with van der Waals surface area (Å²) in [5.74, 6) is 1.45. The third kappa shape index (κ3) is 3.56. The Bertz CT molecular complexity index is 482. The maximum Gasteiger partial charge on any atom is 0.219 e. The molecule has 0 aliphatic carbocycles. The molecule has 0 fully saturated rings. The van der Waals surface area contributed by atoms with Crippen molar-refractivity contribution < 1.29 is 4.74 Å². The van der Waals surface area contributed by atoms with Crippen molar-refractivity contribution in [3.8, 4) is 11.6 Å². The molecule has 0 radical (unpaired) electrons. The van der Waals surface area contributed by atoms with Gasteiger partial charge in [-0.1, -0.05) is 25.5 Å². The van der Waals surface area contributed by atoms with Crippen molar-refractivity contribution in [1.29, 1.82) is 0 Å². The number of benzene rings is 1. The molecule has 0 bridgehead atoms. The smallest absolute Gasteiger partial charge is 0.219 e. The lowest BCUT2D eigenvalue weighted by Crippen LogP contribution is -1.89. The molecule has 0 saturated heterocycles. The third-order valence-corrected chi connectivity index (χ3v) is 2.83. The number of aromatic nitrogens is 1. The monoisotopic (exact) mass is 291 g/mol. The first-order chi connectivity index (χ1) is 8.28. The van der Waals surface area contributed by atoms with Crippen molar-refractivity contribution in [1.82, 2.24) is 4.98 Å². The van der Waals surface area contributed by atoms with Gasteiger partial charge in [0.25, 0.3) is 0 Å². The van der Waals surface area contributed by atoms with Crippen molar-refractivity contribution in [2.24, 2.45) is 0 Å². The number of hydrogen-bond donors (Lipinski definition) is 0. The maximum atomic E-state index is 5.69. The van der Waals surface area contributed by atoms with Gasteiger partial charge in [0.2, 0.25) is 5.88 Å². The number of ether oxygens (including phenoxy) is 1. The second kappa shape index (κ2) is 5.82. The highest BCUT2D eigenvalue weighted by Crippen LogP contribution is 2.22. The lowest BCUT2D eigenvalue weighted by molar-refractivity contribution is 0.462. The van der Waals surface area contributed by atoms with Crippen molar-refractivity contribution in [3.05, 3.63) is 52.6 Å². The second-order valence-corrected chi connectivity index (χ2v) is 4.73. The highest BCUT2D eigenvalue weighted by atomic mass is 79.9. The Morgan fingerprint density at radius 3 is 2.82 bits per heavy atom. The number of hydrogen-bond acceptors (Lipinski definition) is 2. The molecule has 2 nitrogen and oxygen atoms in total. The molecule has 17 heavy (non-hydrogen) atoms. The van der Waals surface area contributed by atoms with E-state index in [1.165, 1.54) is 5.56 Å². The molecule has 3 heteroatoms. The van der Waals surface area contributed by atoms with Crippen molar-refractivity contribution in [3.63, 3.8) is 0 Å². The molecule has 0 aliphatic rings. The van der Waals surface area contributed by atoms with Crippen LogP contribution < -0.4 is 4.74 Å². The zero-order valence-electron chi connectivity index (χ0n) is 9.69. The molecule has 1 aromatic carbocycles. The standard InChI is InChI=1S/C14H14BrNO/c1-2-4-11-5-3-6-13(9-11)17-14-8-7-12(15)10-16-14/h3,5-10H,2,4H2,1H3. The van der Waals surface area contributed by atoms with Crippen molar-refractivity contribution in [2.75, 3.05) is 0 Å². The SMILES string of the molecule is CCCc1cccc(Oc2ccc(Br)cn2)c1. The second-order valence-electron chi connectivity index (χ2n) is 3.81. The lowest BCUT2D eigenvalue weighted by Gasteiger charge is -2.06. The predicted molar refractivity (Wildman–Crippen MR) is 72.4 cm³/mol. The molecule has 0 aliphatic heterocycles. The van der Waals surface area contributed by atoms with Gasteiger partial charge in [-0.15, -0.1) is 0 Å². The molecule has 1 aromatic heterocycles. The minimum absolute atomic E-state index is 0.613. The number of halogens is 1. The van der Waals surface area contributed by atoms with E-state index in [9.17, 15) is 0 Å². The number of pyridine rings is 1. The largest absolute Gasteiger partial charge is 0.439 e. The first kappa shape index (κ1) is 12.1. The Kier molecular flexibility index (Phi) is 4.15. The van der Waals surface area contributed by atoms with Gasteiger partial charge in [-0.2, -0.15) is 0 Å². The molecule has 0 unspecified atom stereocenters. The summed E-state index contributed by atoms with van der Waals surface area (Å²) in [6.45, 7) is 2.17. The number of nitrogens with zero attached hydrogens (tertiary/aromatic N) is 1. The number of rotatable bonds is 4. The summed E-state index contributed by atoms with van der Waals surface area (Å²) in [6, 6.07) is 11.9. The average Bonchev–Trinajstić information content (AvgIpc) is 2.33. The Morgan fingerprint density at radius 1 is 1.24 bits per heavy atom. The molecule has 0 atom stereocenters. The Labute approximate surface area is 110 Å². The fourth-order valence-electron chi connectivity index (χ4n) is 1.60. The fourth-order valence-corrected chi connectivity index (χ4v) is 1.83. The van der Waals surface area contributed by atoms with Crippen molar-refractivity contribution >= 4 is 15.9 Å². The van der Waals surface area contributed by atoms with Crippen LogP contribution in [0.1, 0.15) is 18.9 Å². The zero-order valence-corrected chi connectivity index (χ0v) is 11.3. The van der Waals surface area contributed by atoms with Crippen LogP contribution in [0.3, 0.4) is 0 Å². The lowest BCUT2D eigenvalue weighted by atomic mass is 10.1. The molecule has 1 heterocycles. The first-order valence-corrected chi connectivity index (χ1v) is 6.45. The molecule has 2 aromatic rings. The number of aryl methyl sites for hydroxylation is 1.